The van der Waals surface area contributed by atoms with Crippen LogP contribution in [0.15, 0.2) is 108 Å². The highest BCUT2D eigenvalue weighted by Crippen LogP contribution is 2.22. The molecule has 0 saturated carbocycles. The summed E-state index contributed by atoms with van der Waals surface area (Å²) in [4.78, 5) is 18.0. The molecule has 0 atom stereocenters. The highest BCUT2D eigenvalue weighted by Gasteiger charge is 2.13. The lowest BCUT2D eigenvalue weighted by Crippen LogP contribution is -2.31. The molecule has 0 spiro atoms. The molecule has 0 aliphatic rings. The lowest BCUT2D eigenvalue weighted by atomic mass is 10.2. The van der Waals surface area contributed by atoms with Crippen molar-refractivity contribution in [1.29, 1.82) is 0 Å². The first-order chi connectivity index (χ1) is 16.2. The Labute approximate surface area is 189 Å². The minimum atomic E-state index is -0.350. The summed E-state index contributed by atoms with van der Waals surface area (Å²) >= 11 is 0. The van der Waals surface area contributed by atoms with Gasteiger partial charge in [-0.1, -0.05) is 42.5 Å². The molecule has 4 aromatic carbocycles. The molecule has 5 aromatic rings. The van der Waals surface area contributed by atoms with Gasteiger partial charge in [-0.2, -0.15) is 0 Å². The van der Waals surface area contributed by atoms with Crippen LogP contribution in [-0.2, 0) is 6.54 Å². The molecule has 162 valence electrons. The van der Waals surface area contributed by atoms with E-state index >= 15 is 0 Å². The summed E-state index contributed by atoms with van der Waals surface area (Å²) in [5.41, 5.74) is 5.10. The number of nitrogens with one attached hydrogen (secondary N) is 1. The van der Waals surface area contributed by atoms with Crippen molar-refractivity contribution in [3.8, 4) is 22.9 Å². The number of benzene rings is 4. The fourth-order valence-corrected chi connectivity index (χ4v) is 3.59. The highest BCUT2D eigenvalue weighted by molar-refractivity contribution is 5.79. The summed E-state index contributed by atoms with van der Waals surface area (Å²) in [7, 11) is 0. The second-order valence-corrected chi connectivity index (χ2v) is 7.50. The average molecular weight is 437 g/mol. The molecule has 1 aromatic heterocycles. The lowest BCUT2D eigenvalue weighted by Gasteiger charge is -2.16. The second-order valence-electron chi connectivity index (χ2n) is 7.50. The first-order valence-corrected chi connectivity index (χ1v) is 10.5. The van der Waals surface area contributed by atoms with Crippen molar-refractivity contribution in [3.63, 3.8) is 0 Å². The Morgan fingerprint density at radius 3 is 2.36 bits per heavy atom. The third-order valence-electron chi connectivity index (χ3n) is 5.20. The molecule has 6 heteroatoms. The van der Waals surface area contributed by atoms with Gasteiger partial charge in [0.15, 0.2) is 5.82 Å². The zero-order valence-electron chi connectivity index (χ0n) is 17.6. The Balaban J connectivity index is 1.48. The predicted molar refractivity (Wildman–Crippen MR) is 127 cm³/mol. The van der Waals surface area contributed by atoms with Gasteiger partial charge in [-0.05, 0) is 66.2 Å². The van der Waals surface area contributed by atoms with Crippen molar-refractivity contribution in [1.82, 2.24) is 9.66 Å². The Kier molecular flexibility index (Phi) is 5.55. The summed E-state index contributed by atoms with van der Waals surface area (Å²) in [6, 6.07) is 30.3. The first-order valence-electron chi connectivity index (χ1n) is 10.5. The van der Waals surface area contributed by atoms with Crippen LogP contribution in [0.1, 0.15) is 5.56 Å². The predicted octanol–water partition coefficient (Wildman–Crippen LogP) is 5.74. The molecule has 33 heavy (non-hydrogen) atoms. The largest absolute Gasteiger partial charge is 0.457 e. The Bertz CT molecular complexity index is 1470. The maximum Gasteiger partial charge on any atom is 0.280 e. The van der Waals surface area contributed by atoms with Gasteiger partial charge in [0, 0.05) is 5.56 Å². The van der Waals surface area contributed by atoms with E-state index in [-0.39, 0.29) is 11.4 Å². The van der Waals surface area contributed by atoms with Gasteiger partial charge in [0.1, 0.15) is 17.3 Å². The van der Waals surface area contributed by atoms with Gasteiger partial charge in [0.2, 0.25) is 0 Å². The Morgan fingerprint density at radius 1 is 0.818 bits per heavy atom. The molecule has 0 amide bonds. The molecule has 1 heterocycles. The fourth-order valence-electron chi connectivity index (χ4n) is 3.59. The van der Waals surface area contributed by atoms with Gasteiger partial charge in [0.25, 0.3) is 5.56 Å². The normalized spacial score (nSPS) is 10.8. The fraction of sp³-hybridized carbons (Fsp3) is 0.0370. The number of hydrogen-bond donors (Lipinski definition) is 1. The molecular weight excluding hydrogens is 417 g/mol. The molecule has 5 rings (SSSR count). The van der Waals surface area contributed by atoms with Crippen LogP contribution in [0.3, 0.4) is 0 Å². The number of nitrogens with zero attached hydrogens (tertiary/aromatic N) is 2. The molecular formula is C27H20FN3O2. The SMILES string of the molecule is O=c1c2ccccc2nc(-c2ccc(F)cc2)n1NCc1cccc(Oc2ccccc2)c1. The molecule has 0 aliphatic heterocycles. The third-order valence-corrected chi connectivity index (χ3v) is 5.20. The topological polar surface area (TPSA) is 56.2 Å². The number of halogens is 1. The standard InChI is InChI=1S/C27H20FN3O2/c28-21-15-13-20(14-16-21)26-30-25-12-5-4-11-24(25)27(32)31(26)29-18-19-7-6-10-23(17-19)33-22-8-2-1-3-9-22/h1-17,29H,18H2. The molecule has 0 aliphatic carbocycles. The van der Waals surface area contributed by atoms with E-state index in [1.54, 1.807) is 30.3 Å². The van der Waals surface area contributed by atoms with Gasteiger partial charge in [-0.3, -0.25) is 4.79 Å². The van der Waals surface area contributed by atoms with Gasteiger partial charge < -0.3 is 10.2 Å². The molecule has 0 unspecified atom stereocenters. The Morgan fingerprint density at radius 2 is 1.55 bits per heavy atom. The average Bonchev–Trinajstić information content (AvgIpc) is 2.85. The molecule has 5 nitrogen and oxygen atoms in total. The number of rotatable bonds is 6. The number of fused-ring (bicyclic) bond motifs is 1. The van der Waals surface area contributed by atoms with Crippen LogP contribution in [-0.4, -0.2) is 9.66 Å². The van der Waals surface area contributed by atoms with Gasteiger partial charge >= 0.3 is 0 Å². The van der Waals surface area contributed by atoms with Crippen LogP contribution in [0, 0.1) is 5.82 Å². The summed E-state index contributed by atoms with van der Waals surface area (Å²) in [5.74, 6) is 1.51. The number of aromatic nitrogens is 2. The van der Waals surface area contributed by atoms with E-state index in [0.717, 1.165) is 11.3 Å². The van der Waals surface area contributed by atoms with E-state index in [1.807, 2.05) is 60.7 Å². The van der Waals surface area contributed by atoms with Crippen molar-refractivity contribution in [2.24, 2.45) is 0 Å². The van der Waals surface area contributed by atoms with Gasteiger partial charge in [-0.25, -0.2) is 14.1 Å². The zero-order valence-corrected chi connectivity index (χ0v) is 17.6. The van der Waals surface area contributed by atoms with E-state index in [0.29, 0.717) is 34.6 Å². The number of para-hydroxylation sites is 2. The van der Waals surface area contributed by atoms with Crippen LogP contribution in [0.4, 0.5) is 4.39 Å². The molecule has 0 bridgehead atoms. The highest BCUT2D eigenvalue weighted by atomic mass is 19.1. The quantitative estimate of drug-likeness (QED) is 0.368. The third kappa shape index (κ3) is 4.45. The second kappa shape index (κ2) is 8.96. The van der Waals surface area contributed by atoms with E-state index < -0.39 is 0 Å². The summed E-state index contributed by atoms with van der Waals surface area (Å²) in [6.45, 7) is 0.361. The van der Waals surface area contributed by atoms with Crippen LogP contribution >= 0.6 is 0 Å². The Hall–Kier alpha value is -4.45. The van der Waals surface area contributed by atoms with Crippen LogP contribution < -0.4 is 15.7 Å². The maximum atomic E-state index is 13.5. The van der Waals surface area contributed by atoms with Crippen molar-refractivity contribution in [2.75, 3.05) is 5.43 Å². The monoisotopic (exact) mass is 437 g/mol. The zero-order chi connectivity index (χ0) is 22.6. The molecule has 0 fully saturated rings. The maximum absolute atomic E-state index is 13.5. The van der Waals surface area contributed by atoms with Crippen LogP contribution in [0.2, 0.25) is 0 Å². The van der Waals surface area contributed by atoms with Crippen molar-refractivity contribution >= 4 is 10.9 Å². The molecule has 1 N–H and O–H groups in total. The first kappa shape index (κ1) is 20.5. The number of ether oxygens (including phenoxy) is 1. The van der Waals surface area contributed by atoms with Gasteiger partial charge in [0.05, 0.1) is 17.4 Å². The molecule has 0 radical (unpaired) electrons. The van der Waals surface area contributed by atoms with Gasteiger partial charge in [-0.15, -0.1) is 0 Å². The van der Waals surface area contributed by atoms with E-state index in [4.69, 9.17) is 4.74 Å². The van der Waals surface area contributed by atoms with Crippen LogP contribution in [0.5, 0.6) is 11.5 Å². The van der Waals surface area contributed by atoms with Crippen LogP contribution in [0.25, 0.3) is 22.3 Å². The van der Waals surface area contributed by atoms with E-state index in [2.05, 4.69) is 10.4 Å². The van der Waals surface area contributed by atoms with Crippen molar-refractivity contribution in [2.45, 2.75) is 6.54 Å². The van der Waals surface area contributed by atoms with Crippen molar-refractivity contribution in [3.05, 3.63) is 125 Å². The lowest BCUT2D eigenvalue weighted by molar-refractivity contribution is 0.482. The minimum Gasteiger partial charge on any atom is -0.457 e. The minimum absolute atomic E-state index is 0.225. The number of hydrogen-bond acceptors (Lipinski definition) is 4. The smallest absolute Gasteiger partial charge is 0.280 e. The van der Waals surface area contributed by atoms with E-state index in [9.17, 15) is 9.18 Å². The summed E-state index contributed by atoms with van der Waals surface area (Å²) in [6.07, 6.45) is 0. The molecule has 0 saturated heterocycles. The van der Waals surface area contributed by atoms with Crippen molar-refractivity contribution < 1.29 is 9.13 Å². The van der Waals surface area contributed by atoms with E-state index in [1.165, 1.54) is 16.8 Å². The summed E-state index contributed by atoms with van der Waals surface area (Å²) in [5, 5.41) is 0.497. The summed E-state index contributed by atoms with van der Waals surface area (Å²) < 4.78 is 20.8.